The van der Waals surface area contributed by atoms with Crippen LogP contribution in [0.15, 0.2) is 60.9 Å². The summed E-state index contributed by atoms with van der Waals surface area (Å²) in [6.07, 6.45) is 3.22. The minimum Gasteiger partial charge on any atom is -0.444 e. The third-order valence-electron chi connectivity index (χ3n) is 7.64. The van der Waals surface area contributed by atoms with E-state index in [1.54, 1.807) is 0 Å². The molecule has 226 valence electrons. The molecule has 1 amide bonds. The van der Waals surface area contributed by atoms with Crippen molar-refractivity contribution in [1.82, 2.24) is 25.3 Å². The number of aromatic nitrogens is 4. The van der Waals surface area contributed by atoms with Crippen LogP contribution >= 0.6 is 0 Å². The van der Waals surface area contributed by atoms with Gasteiger partial charge < -0.3 is 25.8 Å². The van der Waals surface area contributed by atoms with Crippen LogP contribution in [0.2, 0.25) is 0 Å². The van der Waals surface area contributed by atoms with Crippen LogP contribution in [-0.2, 0) is 4.74 Å². The molecule has 0 radical (unpaired) electrons. The highest BCUT2D eigenvalue weighted by Crippen LogP contribution is 2.35. The smallest absolute Gasteiger partial charge is 0.408 e. The number of nitrogens with zero attached hydrogens (tertiary/aromatic N) is 2. The summed E-state index contributed by atoms with van der Waals surface area (Å²) in [5, 5.41) is 7.59. The fraction of sp³-hybridized carbons (Fsp3) is 0.400. The Morgan fingerprint density at radius 1 is 0.721 bits per heavy atom. The van der Waals surface area contributed by atoms with Gasteiger partial charge in [0.05, 0.1) is 35.9 Å². The van der Waals surface area contributed by atoms with Crippen LogP contribution in [0.3, 0.4) is 0 Å². The quantitative estimate of drug-likeness (QED) is 0.155. The van der Waals surface area contributed by atoms with Gasteiger partial charge in [-0.2, -0.15) is 0 Å². The summed E-state index contributed by atoms with van der Waals surface area (Å²) in [6.45, 7) is 18.1. The van der Waals surface area contributed by atoms with Crippen LogP contribution < -0.4 is 11.1 Å². The van der Waals surface area contributed by atoms with E-state index < -0.39 is 11.7 Å². The number of H-pyrrole nitrogens is 2. The first-order valence-electron chi connectivity index (χ1n) is 14.8. The van der Waals surface area contributed by atoms with Crippen molar-refractivity contribution in [1.29, 1.82) is 0 Å². The number of imidazole rings is 2. The molecule has 43 heavy (non-hydrogen) atoms. The fourth-order valence-corrected chi connectivity index (χ4v) is 5.13. The molecule has 5 aromatic rings. The van der Waals surface area contributed by atoms with E-state index in [4.69, 9.17) is 10.5 Å². The summed E-state index contributed by atoms with van der Waals surface area (Å²) in [7, 11) is 0. The Bertz CT molecular complexity index is 1780. The van der Waals surface area contributed by atoms with E-state index in [1.165, 1.54) is 0 Å². The largest absolute Gasteiger partial charge is 0.444 e. The van der Waals surface area contributed by atoms with Gasteiger partial charge >= 0.3 is 6.09 Å². The second-order valence-corrected chi connectivity index (χ2v) is 14.6. The first-order chi connectivity index (χ1) is 20.0. The summed E-state index contributed by atoms with van der Waals surface area (Å²) in [5.41, 5.74) is 9.40. The lowest BCUT2D eigenvalue weighted by molar-refractivity contribution is 0.0458. The van der Waals surface area contributed by atoms with Crippen LogP contribution in [0.5, 0.6) is 0 Å². The molecule has 0 saturated heterocycles. The number of nitrogens with one attached hydrogen (secondary N) is 3. The maximum absolute atomic E-state index is 12.6. The minimum atomic E-state index is -0.583. The number of alkyl carbamates (subject to hydrolysis) is 1. The van der Waals surface area contributed by atoms with E-state index in [1.807, 2.05) is 33.2 Å². The van der Waals surface area contributed by atoms with E-state index in [9.17, 15) is 4.79 Å². The van der Waals surface area contributed by atoms with Crippen LogP contribution in [-0.4, -0.2) is 31.6 Å². The summed E-state index contributed by atoms with van der Waals surface area (Å²) in [4.78, 5) is 28.7. The molecule has 1 unspecified atom stereocenters. The van der Waals surface area contributed by atoms with Crippen LogP contribution in [0, 0.1) is 10.8 Å². The van der Waals surface area contributed by atoms with Crippen LogP contribution in [0.4, 0.5) is 4.79 Å². The molecule has 2 heterocycles. The van der Waals surface area contributed by atoms with Gasteiger partial charge in [0.1, 0.15) is 17.2 Å². The summed E-state index contributed by atoms with van der Waals surface area (Å²) in [6, 6.07) is 16.7. The zero-order valence-electron chi connectivity index (χ0n) is 26.7. The maximum Gasteiger partial charge on any atom is 0.408 e. The zero-order valence-corrected chi connectivity index (χ0v) is 26.7. The number of hydrogen-bond acceptors (Lipinski definition) is 5. The molecule has 5 rings (SSSR count). The van der Waals surface area contributed by atoms with Crippen molar-refractivity contribution in [2.45, 2.75) is 80.0 Å². The number of nitrogens with two attached hydrogens (primary N) is 1. The highest BCUT2D eigenvalue weighted by molar-refractivity contribution is 6.00. The summed E-state index contributed by atoms with van der Waals surface area (Å²) >= 11 is 0. The van der Waals surface area contributed by atoms with Crippen LogP contribution in [0.1, 0.15) is 86.0 Å². The van der Waals surface area contributed by atoms with Gasteiger partial charge in [0.25, 0.3) is 0 Å². The van der Waals surface area contributed by atoms with Gasteiger partial charge in [-0.3, -0.25) is 0 Å². The third-order valence-corrected chi connectivity index (χ3v) is 7.64. The maximum atomic E-state index is 12.6. The van der Waals surface area contributed by atoms with Crippen molar-refractivity contribution in [3.63, 3.8) is 0 Å². The van der Waals surface area contributed by atoms with Crippen molar-refractivity contribution in [2.24, 2.45) is 16.6 Å². The first kappa shape index (κ1) is 30.3. The Hall–Kier alpha value is -4.17. The Morgan fingerprint density at radius 3 is 1.67 bits per heavy atom. The number of rotatable bonds is 5. The molecule has 2 atom stereocenters. The number of carbonyl (C=O) groups excluding carboxylic acids is 1. The van der Waals surface area contributed by atoms with Gasteiger partial charge in [-0.15, -0.1) is 0 Å². The van der Waals surface area contributed by atoms with Crippen molar-refractivity contribution in [3.05, 3.63) is 72.6 Å². The fourth-order valence-electron chi connectivity index (χ4n) is 5.13. The lowest BCUT2D eigenvalue weighted by Gasteiger charge is -2.31. The molecule has 2 aromatic heterocycles. The van der Waals surface area contributed by atoms with Gasteiger partial charge in [0.15, 0.2) is 0 Å². The highest BCUT2D eigenvalue weighted by Gasteiger charge is 2.32. The van der Waals surface area contributed by atoms with Gasteiger partial charge in [-0.25, -0.2) is 14.8 Å². The van der Waals surface area contributed by atoms with Crippen molar-refractivity contribution in [3.8, 4) is 22.5 Å². The number of benzene rings is 3. The molecule has 3 aromatic carbocycles. The Kier molecular flexibility index (Phi) is 7.63. The minimum absolute atomic E-state index is 0.0840. The molecule has 0 bridgehead atoms. The molecule has 0 aliphatic heterocycles. The second-order valence-electron chi connectivity index (χ2n) is 14.6. The average Bonchev–Trinajstić information content (AvgIpc) is 3.58. The number of amides is 1. The summed E-state index contributed by atoms with van der Waals surface area (Å²) < 4.78 is 5.51. The van der Waals surface area contributed by atoms with E-state index in [0.717, 1.165) is 49.9 Å². The molecule has 0 fully saturated rings. The molecule has 8 heteroatoms. The van der Waals surface area contributed by atoms with Crippen molar-refractivity contribution >= 4 is 27.6 Å². The molecular formula is C35H44N6O2. The zero-order chi connectivity index (χ0) is 31.3. The Balaban J connectivity index is 1.42. The van der Waals surface area contributed by atoms with Gasteiger partial charge in [0, 0.05) is 11.1 Å². The van der Waals surface area contributed by atoms with E-state index in [-0.39, 0.29) is 22.9 Å². The predicted octanol–water partition coefficient (Wildman–Crippen LogP) is 8.43. The SMILES string of the molecule is CC(C)(C)OC(=O)NC(c1ncc(-c2ccc3cc4cc(-c5cnc([C@@H](N)C(C)(C)C)[nH]5)ccc4cc3c2)[nH]1)C(C)(C)C. The average molecular weight is 581 g/mol. The lowest BCUT2D eigenvalue weighted by atomic mass is 9.86. The topological polar surface area (TPSA) is 122 Å². The highest BCUT2D eigenvalue weighted by atomic mass is 16.6. The molecule has 0 aliphatic rings. The summed E-state index contributed by atoms with van der Waals surface area (Å²) in [5.74, 6) is 1.48. The number of fused-ring (bicyclic) bond motifs is 2. The molecular weight excluding hydrogens is 536 g/mol. The molecule has 0 spiro atoms. The van der Waals surface area contributed by atoms with Crippen LogP contribution in [0.25, 0.3) is 44.1 Å². The molecule has 5 N–H and O–H groups in total. The van der Waals surface area contributed by atoms with Crippen molar-refractivity contribution < 1.29 is 9.53 Å². The van der Waals surface area contributed by atoms with Gasteiger partial charge in [-0.05, 0) is 77.4 Å². The number of hydrogen-bond donors (Lipinski definition) is 4. The standard InChI is InChI=1S/C35H44N6O2/c1-33(2,3)28(36)30-37-18-26(39-30)22-12-10-20-15-25-17-23(13-11-21(25)14-24(20)16-22)27-19-38-31(40-27)29(34(4,5)6)41-32(42)43-35(7,8)9/h10-19,28-29H,36H2,1-9H3,(H,37,39)(H,38,40)(H,41,42)/t28-,29?/m1/s1. The predicted molar refractivity (Wildman–Crippen MR) is 175 cm³/mol. The number of carbonyl (C=O) groups is 1. The lowest BCUT2D eigenvalue weighted by Crippen LogP contribution is -2.40. The van der Waals surface area contributed by atoms with E-state index >= 15 is 0 Å². The molecule has 0 saturated carbocycles. The molecule has 0 aliphatic carbocycles. The monoisotopic (exact) mass is 580 g/mol. The van der Waals surface area contributed by atoms with Gasteiger partial charge in [0.2, 0.25) is 0 Å². The van der Waals surface area contributed by atoms with E-state index in [0.29, 0.717) is 5.82 Å². The Morgan fingerprint density at radius 2 is 1.21 bits per heavy atom. The molecule has 8 nitrogen and oxygen atoms in total. The Labute approximate surface area is 253 Å². The second kappa shape index (κ2) is 10.8. The van der Waals surface area contributed by atoms with Gasteiger partial charge in [-0.1, -0.05) is 65.8 Å². The first-order valence-corrected chi connectivity index (χ1v) is 14.8. The number of aromatic amines is 2. The van der Waals surface area contributed by atoms with Crippen molar-refractivity contribution in [2.75, 3.05) is 0 Å². The third kappa shape index (κ3) is 6.75. The number of ether oxygens (including phenoxy) is 1. The normalized spacial score (nSPS) is 14.2. The van der Waals surface area contributed by atoms with E-state index in [2.05, 4.69) is 115 Å².